The molecule has 5 rings (SSSR count). The first-order chi connectivity index (χ1) is 16.4. The number of ketones is 1. The number of aryl methyl sites for hydroxylation is 3. The summed E-state index contributed by atoms with van der Waals surface area (Å²) in [5.74, 6) is 0.228. The number of Topliss-reactive ketones (excluding diaryl/α,β-unsaturated/α-hetero) is 1. The number of thiophene rings is 1. The summed E-state index contributed by atoms with van der Waals surface area (Å²) in [5, 5.41) is 1.41. The third kappa shape index (κ3) is 4.29. The van der Waals surface area contributed by atoms with E-state index in [0.29, 0.717) is 27.5 Å². The van der Waals surface area contributed by atoms with E-state index in [1.165, 1.54) is 23.1 Å². The number of carbonyl (C=O) groups is 1. The predicted octanol–water partition coefficient (Wildman–Crippen LogP) is 5.95. The van der Waals surface area contributed by atoms with Gasteiger partial charge in [0.05, 0.1) is 17.8 Å². The molecule has 0 fully saturated rings. The SMILES string of the molecule is Cc1ccc(Cn2c(SCC(=O)c3ccc(C)cc3C)nc3c(sc4ncccc43)c2=O)cc1. The maximum absolute atomic E-state index is 13.6. The molecular formula is C27H23N3O2S2. The van der Waals surface area contributed by atoms with Gasteiger partial charge in [-0.15, -0.1) is 11.3 Å². The molecular weight excluding hydrogens is 462 g/mol. The lowest BCUT2D eigenvalue weighted by molar-refractivity contribution is 0.102. The van der Waals surface area contributed by atoms with Crippen LogP contribution in [0, 0.1) is 20.8 Å². The molecule has 0 aliphatic rings. The molecule has 0 radical (unpaired) electrons. The van der Waals surface area contributed by atoms with E-state index in [0.717, 1.165) is 32.5 Å². The van der Waals surface area contributed by atoms with Crippen LogP contribution in [0.3, 0.4) is 0 Å². The average molecular weight is 486 g/mol. The van der Waals surface area contributed by atoms with Crippen LogP contribution in [0.4, 0.5) is 0 Å². The van der Waals surface area contributed by atoms with Crippen molar-refractivity contribution < 1.29 is 4.79 Å². The van der Waals surface area contributed by atoms with Gasteiger partial charge in [-0.2, -0.15) is 0 Å². The van der Waals surface area contributed by atoms with Crippen LogP contribution in [0.25, 0.3) is 20.4 Å². The molecule has 5 nitrogen and oxygen atoms in total. The van der Waals surface area contributed by atoms with Crippen LogP contribution in [-0.2, 0) is 6.54 Å². The van der Waals surface area contributed by atoms with Crippen molar-refractivity contribution in [2.75, 3.05) is 5.75 Å². The highest BCUT2D eigenvalue weighted by atomic mass is 32.2. The zero-order valence-electron chi connectivity index (χ0n) is 19.2. The molecule has 0 aliphatic heterocycles. The first kappa shape index (κ1) is 22.5. The number of nitrogens with zero attached hydrogens (tertiary/aromatic N) is 3. The predicted molar refractivity (Wildman–Crippen MR) is 140 cm³/mol. The molecule has 0 aliphatic carbocycles. The molecule has 34 heavy (non-hydrogen) atoms. The Kier molecular flexibility index (Phi) is 6.06. The third-order valence-corrected chi connectivity index (χ3v) is 7.86. The Morgan fingerprint density at radius 2 is 1.79 bits per heavy atom. The lowest BCUT2D eigenvalue weighted by atomic mass is 10.0. The number of aromatic nitrogens is 3. The van der Waals surface area contributed by atoms with E-state index in [9.17, 15) is 9.59 Å². The summed E-state index contributed by atoms with van der Waals surface area (Å²) in [5.41, 5.74) is 5.51. The van der Waals surface area contributed by atoms with Gasteiger partial charge in [0, 0.05) is 17.1 Å². The number of thioether (sulfide) groups is 1. The third-order valence-electron chi connectivity index (χ3n) is 5.79. The van der Waals surface area contributed by atoms with Crippen molar-refractivity contribution in [2.24, 2.45) is 0 Å². The van der Waals surface area contributed by atoms with Gasteiger partial charge in [-0.3, -0.25) is 14.2 Å². The van der Waals surface area contributed by atoms with E-state index in [-0.39, 0.29) is 17.1 Å². The van der Waals surface area contributed by atoms with Crippen molar-refractivity contribution in [3.8, 4) is 0 Å². The average Bonchev–Trinajstić information content (AvgIpc) is 3.20. The number of fused-ring (bicyclic) bond motifs is 3. The highest BCUT2D eigenvalue weighted by molar-refractivity contribution is 7.99. The minimum Gasteiger partial charge on any atom is -0.293 e. The molecule has 5 aromatic rings. The van der Waals surface area contributed by atoms with Crippen molar-refractivity contribution in [1.29, 1.82) is 0 Å². The van der Waals surface area contributed by atoms with E-state index < -0.39 is 0 Å². The van der Waals surface area contributed by atoms with Crippen LogP contribution in [0.2, 0.25) is 0 Å². The second-order valence-corrected chi connectivity index (χ2v) is 10.4. The molecule has 7 heteroatoms. The lowest BCUT2D eigenvalue weighted by Gasteiger charge is -2.13. The van der Waals surface area contributed by atoms with Gasteiger partial charge in [0.15, 0.2) is 10.9 Å². The summed E-state index contributed by atoms with van der Waals surface area (Å²) >= 11 is 2.68. The van der Waals surface area contributed by atoms with Crippen LogP contribution in [0.1, 0.15) is 32.6 Å². The van der Waals surface area contributed by atoms with Crippen LogP contribution >= 0.6 is 23.1 Å². The Morgan fingerprint density at radius 3 is 2.56 bits per heavy atom. The highest BCUT2D eigenvalue weighted by Crippen LogP contribution is 2.31. The van der Waals surface area contributed by atoms with Crippen LogP contribution in [0.15, 0.2) is 70.7 Å². The molecule has 2 aromatic carbocycles. The maximum Gasteiger partial charge on any atom is 0.272 e. The van der Waals surface area contributed by atoms with Gasteiger partial charge in [-0.25, -0.2) is 9.97 Å². The summed E-state index contributed by atoms with van der Waals surface area (Å²) in [6.07, 6.45) is 1.72. The number of hydrogen-bond acceptors (Lipinski definition) is 6. The quantitative estimate of drug-likeness (QED) is 0.169. The standard InChI is InChI=1S/C27H23N3O2S2/c1-16-6-9-19(10-7-16)14-30-26(32)24-23(21-5-4-12-28-25(21)34-24)29-27(30)33-15-22(31)20-11-8-17(2)13-18(20)3/h4-13H,14-15H2,1-3H3. The number of benzene rings is 2. The smallest absolute Gasteiger partial charge is 0.272 e. The van der Waals surface area contributed by atoms with Gasteiger partial charge in [-0.05, 0) is 44.0 Å². The molecule has 0 amide bonds. The van der Waals surface area contributed by atoms with Gasteiger partial charge in [0.1, 0.15) is 9.53 Å². The molecule has 0 saturated carbocycles. The summed E-state index contributed by atoms with van der Waals surface area (Å²) < 4.78 is 2.27. The van der Waals surface area contributed by atoms with Gasteiger partial charge in [0.25, 0.3) is 5.56 Å². The van der Waals surface area contributed by atoms with Gasteiger partial charge < -0.3 is 0 Å². The topological polar surface area (TPSA) is 64.8 Å². The van der Waals surface area contributed by atoms with Gasteiger partial charge in [0.2, 0.25) is 0 Å². The molecule has 3 aromatic heterocycles. The monoisotopic (exact) mass is 485 g/mol. The first-order valence-corrected chi connectivity index (χ1v) is 12.8. The molecule has 3 heterocycles. The fourth-order valence-electron chi connectivity index (χ4n) is 4.00. The van der Waals surface area contributed by atoms with Gasteiger partial charge in [-0.1, -0.05) is 65.4 Å². The first-order valence-electron chi connectivity index (χ1n) is 11.0. The van der Waals surface area contributed by atoms with Crippen molar-refractivity contribution in [2.45, 2.75) is 32.5 Å². The van der Waals surface area contributed by atoms with E-state index in [4.69, 9.17) is 4.98 Å². The largest absolute Gasteiger partial charge is 0.293 e. The fourth-order valence-corrected chi connectivity index (χ4v) is 5.91. The molecule has 0 N–H and O–H groups in total. The molecule has 0 saturated heterocycles. The Balaban J connectivity index is 1.57. The summed E-state index contributed by atoms with van der Waals surface area (Å²) in [6, 6.07) is 17.7. The van der Waals surface area contributed by atoms with Crippen LogP contribution in [-0.4, -0.2) is 26.1 Å². The fraction of sp³-hybridized carbons (Fsp3) is 0.185. The number of carbonyl (C=O) groups excluding carboxylic acids is 1. The number of hydrogen-bond donors (Lipinski definition) is 0. The van der Waals surface area contributed by atoms with E-state index in [1.54, 1.807) is 10.8 Å². The Morgan fingerprint density at radius 1 is 1.03 bits per heavy atom. The molecule has 0 spiro atoms. The minimum atomic E-state index is -0.102. The van der Waals surface area contributed by atoms with Crippen molar-refractivity contribution in [3.63, 3.8) is 0 Å². The summed E-state index contributed by atoms with van der Waals surface area (Å²) in [7, 11) is 0. The lowest BCUT2D eigenvalue weighted by Crippen LogP contribution is -2.23. The zero-order chi connectivity index (χ0) is 23.8. The molecule has 0 bridgehead atoms. The number of pyridine rings is 1. The van der Waals surface area contributed by atoms with Crippen LogP contribution < -0.4 is 5.56 Å². The maximum atomic E-state index is 13.6. The van der Waals surface area contributed by atoms with E-state index in [2.05, 4.69) is 4.98 Å². The minimum absolute atomic E-state index is 0.0237. The Bertz CT molecular complexity index is 1600. The Hall–Kier alpha value is -3.29. The van der Waals surface area contributed by atoms with E-state index in [1.807, 2.05) is 75.4 Å². The molecule has 0 unspecified atom stereocenters. The molecule has 170 valence electrons. The second kappa shape index (κ2) is 9.16. The summed E-state index contributed by atoms with van der Waals surface area (Å²) in [6.45, 7) is 6.39. The second-order valence-electron chi connectivity index (χ2n) is 8.44. The summed E-state index contributed by atoms with van der Waals surface area (Å²) in [4.78, 5) is 36.7. The molecule has 0 atom stereocenters. The van der Waals surface area contributed by atoms with Crippen molar-refractivity contribution >= 4 is 49.3 Å². The number of rotatable bonds is 6. The van der Waals surface area contributed by atoms with Crippen molar-refractivity contribution in [1.82, 2.24) is 14.5 Å². The van der Waals surface area contributed by atoms with Crippen molar-refractivity contribution in [3.05, 3.63) is 99.0 Å². The normalized spacial score (nSPS) is 11.4. The zero-order valence-corrected chi connectivity index (χ0v) is 20.8. The van der Waals surface area contributed by atoms with Gasteiger partial charge >= 0.3 is 0 Å². The Labute approximate surface area is 205 Å². The highest BCUT2D eigenvalue weighted by Gasteiger charge is 2.19. The van der Waals surface area contributed by atoms with E-state index >= 15 is 0 Å². The van der Waals surface area contributed by atoms with Crippen LogP contribution in [0.5, 0.6) is 0 Å².